The molecule has 0 radical (unpaired) electrons. The molecule has 3 aromatic rings. The highest BCUT2D eigenvalue weighted by Gasteiger charge is 2.45. The molecule has 1 unspecified atom stereocenters. The number of nitrogens with one attached hydrogen (secondary N) is 2. The smallest absolute Gasteiger partial charge is 0.404 e. The normalized spacial score (nSPS) is 14.8. The van der Waals surface area contributed by atoms with Gasteiger partial charge >= 0.3 is 6.36 Å². The minimum absolute atomic E-state index is 0.0185. The molecule has 1 aliphatic carbocycles. The molecular weight excluding hydrogens is 513 g/mol. The number of para-hydroxylation sites is 1. The van der Waals surface area contributed by atoms with Gasteiger partial charge in [0.25, 0.3) is 5.91 Å². The maximum absolute atomic E-state index is 13.1. The second-order valence-electron chi connectivity index (χ2n) is 8.48. The summed E-state index contributed by atoms with van der Waals surface area (Å²) in [6.07, 6.45) is -4.12. The highest BCUT2D eigenvalue weighted by Crippen LogP contribution is 2.34. The van der Waals surface area contributed by atoms with E-state index in [2.05, 4.69) is 25.6 Å². The number of aryl methyl sites for hydroxylation is 1. The van der Waals surface area contributed by atoms with Gasteiger partial charge in [-0.1, -0.05) is 35.9 Å². The number of halogens is 4. The summed E-state index contributed by atoms with van der Waals surface area (Å²) in [6.45, 7) is 1.59. The molecule has 9 nitrogen and oxygen atoms in total. The third kappa shape index (κ3) is 6.37. The molecule has 1 saturated carbocycles. The van der Waals surface area contributed by atoms with Gasteiger partial charge in [-0.25, -0.2) is 0 Å². The average Bonchev–Trinajstić information content (AvgIpc) is 3.51. The van der Waals surface area contributed by atoms with Crippen LogP contribution in [0.4, 0.5) is 13.2 Å². The number of alkyl halides is 3. The van der Waals surface area contributed by atoms with E-state index in [4.69, 9.17) is 11.6 Å². The van der Waals surface area contributed by atoms with Crippen LogP contribution in [0.3, 0.4) is 0 Å². The topological polar surface area (TPSA) is 122 Å². The van der Waals surface area contributed by atoms with Gasteiger partial charge in [-0.05, 0) is 49.6 Å². The number of hydrogen-bond donors (Lipinski definition) is 2. The van der Waals surface area contributed by atoms with E-state index >= 15 is 0 Å². The molecule has 0 saturated heterocycles. The van der Waals surface area contributed by atoms with E-state index < -0.39 is 35.5 Å². The zero-order valence-corrected chi connectivity index (χ0v) is 20.1. The van der Waals surface area contributed by atoms with E-state index in [1.54, 1.807) is 31.2 Å². The number of nitrogens with zero attached hydrogens (tertiary/aromatic N) is 4. The molecule has 37 heavy (non-hydrogen) atoms. The van der Waals surface area contributed by atoms with E-state index in [-0.39, 0.29) is 17.1 Å². The Kier molecular flexibility index (Phi) is 7.09. The number of ether oxygens (including phenoxy) is 1. The minimum Gasteiger partial charge on any atom is -0.404 e. The van der Waals surface area contributed by atoms with Gasteiger partial charge < -0.3 is 15.4 Å². The Morgan fingerprint density at radius 1 is 1.22 bits per heavy atom. The fraction of sp³-hybridized carbons (Fsp3) is 0.292. The van der Waals surface area contributed by atoms with Crippen molar-refractivity contribution in [1.29, 1.82) is 5.26 Å². The first-order chi connectivity index (χ1) is 17.5. The summed E-state index contributed by atoms with van der Waals surface area (Å²) in [5.41, 5.74) is 0.267. The Balaban J connectivity index is 1.56. The van der Waals surface area contributed by atoms with E-state index in [9.17, 15) is 28.0 Å². The lowest BCUT2D eigenvalue weighted by Crippen LogP contribution is -2.51. The van der Waals surface area contributed by atoms with E-state index in [1.807, 2.05) is 12.1 Å². The average molecular weight is 533 g/mol. The summed E-state index contributed by atoms with van der Waals surface area (Å²) < 4.78 is 41.6. The minimum atomic E-state index is -4.92. The fourth-order valence-electron chi connectivity index (χ4n) is 3.53. The Labute approximate surface area is 214 Å². The van der Waals surface area contributed by atoms with Crippen molar-refractivity contribution in [2.75, 3.05) is 0 Å². The summed E-state index contributed by atoms with van der Waals surface area (Å²) in [6, 6.07) is 13.3. The maximum Gasteiger partial charge on any atom is 0.573 e. The third-order valence-corrected chi connectivity index (χ3v) is 5.89. The van der Waals surface area contributed by atoms with Crippen molar-refractivity contribution < 1.29 is 27.5 Å². The van der Waals surface area contributed by atoms with Crippen molar-refractivity contribution in [2.24, 2.45) is 0 Å². The molecule has 13 heteroatoms. The molecule has 1 aliphatic rings. The van der Waals surface area contributed by atoms with E-state index in [0.29, 0.717) is 29.8 Å². The lowest BCUT2D eigenvalue weighted by molar-refractivity contribution is -0.274. The Hall–Kier alpha value is -4.11. The van der Waals surface area contributed by atoms with E-state index in [0.717, 1.165) is 6.07 Å². The highest BCUT2D eigenvalue weighted by atomic mass is 35.5. The van der Waals surface area contributed by atoms with Crippen LogP contribution in [0.15, 0.2) is 48.5 Å². The number of rotatable bonds is 8. The zero-order chi connectivity index (χ0) is 26.8. The molecule has 192 valence electrons. The zero-order valence-electron chi connectivity index (χ0n) is 19.3. The van der Waals surface area contributed by atoms with Crippen LogP contribution in [-0.4, -0.2) is 44.8 Å². The molecule has 1 fully saturated rings. The van der Waals surface area contributed by atoms with Crippen molar-refractivity contribution in [2.45, 2.75) is 44.1 Å². The molecule has 0 aliphatic heterocycles. The van der Waals surface area contributed by atoms with E-state index in [1.165, 1.54) is 16.9 Å². The SMILES string of the molecule is Cc1nn(-c2ccccc2)nc1C(=O)NC(Cc1ccc(OC(F)(F)F)c(Cl)c1)C(=O)NC1(C#N)CC1. The molecule has 2 N–H and O–H groups in total. The molecule has 1 aromatic heterocycles. The molecule has 2 aromatic carbocycles. The standard InChI is InChI=1S/C24H20ClF3N6O3/c1-14-20(33-34(32-14)16-5-3-2-4-6-16)22(36)30-18(21(35)31-23(13-29)9-10-23)12-15-7-8-19(17(25)11-15)37-24(26,27)28/h2-8,11,18H,9-10,12H2,1H3,(H,30,36)(H,31,35). The number of hydrogen-bond acceptors (Lipinski definition) is 6. The first kappa shape index (κ1) is 26.0. The second-order valence-corrected chi connectivity index (χ2v) is 8.89. The lowest BCUT2D eigenvalue weighted by atomic mass is 10.0. The number of carbonyl (C=O) groups excluding carboxylic acids is 2. The number of carbonyl (C=O) groups is 2. The van der Waals surface area contributed by atoms with Gasteiger partial charge in [0, 0.05) is 6.42 Å². The van der Waals surface area contributed by atoms with Crippen molar-refractivity contribution >= 4 is 23.4 Å². The highest BCUT2D eigenvalue weighted by molar-refractivity contribution is 6.32. The molecule has 1 heterocycles. The van der Waals surface area contributed by atoms with Gasteiger partial charge in [0.15, 0.2) is 5.69 Å². The number of amides is 2. The summed E-state index contributed by atoms with van der Waals surface area (Å²) in [5.74, 6) is -1.92. The van der Waals surface area contributed by atoms with Gasteiger partial charge in [0.2, 0.25) is 5.91 Å². The van der Waals surface area contributed by atoms with Gasteiger partial charge in [-0.15, -0.1) is 18.3 Å². The van der Waals surface area contributed by atoms with Gasteiger partial charge in [0.05, 0.1) is 22.5 Å². The van der Waals surface area contributed by atoms with Crippen LogP contribution in [0.25, 0.3) is 5.69 Å². The van der Waals surface area contributed by atoms with Crippen LogP contribution in [0.1, 0.15) is 34.6 Å². The summed E-state index contributed by atoms with van der Waals surface area (Å²) in [5, 5.41) is 22.7. The quantitative estimate of drug-likeness (QED) is 0.457. The Morgan fingerprint density at radius 2 is 1.92 bits per heavy atom. The summed E-state index contributed by atoms with van der Waals surface area (Å²) >= 11 is 5.94. The van der Waals surface area contributed by atoms with Crippen LogP contribution in [0, 0.1) is 18.3 Å². The predicted octanol–water partition coefficient (Wildman–Crippen LogP) is 3.64. The third-order valence-electron chi connectivity index (χ3n) is 5.59. The molecule has 0 spiro atoms. The molecule has 1 atom stereocenters. The second kappa shape index (κ2) is 10.1. The van der Waals surface area contributed by atoms with Crippen molar-refractivity contribution in [3.63, 3.8) is 0 Å². The summed E-state index contributed by atoms with van der Waals surface area (Å²) in [4.78, 5) is 27.4. The van der Waals surface area contributed by atoms with Crippen molar-refractivity contribution in [3.8, 4) is 17.5 Å². The predicted molar refractivity (Wildman–Crippen MR) is 125 cm³/mol. The summed E-state index contributed by atoms with van der Waals surface area (Å²) in [7, 11) is 0. The Morgan fingerprint density at radius 3 is 2.51 bits per heavy atom. The van der Waals surface area contributed by atoms with Crippen LogP contribution in [0.2, 0.25) is 5.02 Å². The largest absolute Gasteiger partial charge is 0.573 e. The first-order valence-electron chi connectivity index (χ1n) is 11.1. The van der Waals surface area contributed by atoms with Crippen LogP contribution < -0.4 is 15.4 Å². The number of benzene rings is 2. The molecule has 4 rings (SSSR count). The molecular formula is C24H20ClF3N6O3. The maximum atomic E-state index is 13.1. The van der Waals surface area contributed by atoms with Gasteiger partial charge in [0.1, 0.15) is 17.3 Å². The molecule has 2 amide bonds. The van der Waals surface area contributed by atoms with Crippen LogP contribution in [0.5, 0.6) is 5.75 Å². The Bertz CT molecular complexity index is 1370. The monoisotopic (exact) mass is 532 g/mol. The van der Waals surface area contributed by atoms with Crippen LogP contribution >= 0.6 is 11.6 Å². The van der Waals surface area contributed by atoms with Crippen molar-refractivity contribution in [1.82, 2.24) is 25.6 Å². The van der Waals surface area contributed by atoms with Crippen LogP contribution in [-0.2, 0) is 11.2 Å². The van der Waals surface area contributed by atoms with Gasteiger partial charge in [-0.3, -0.25) is 9.59 Å². The number of aromatic nitrogens is 3. The first-order valence-corrected chi connectivity index (χ1v) is 11.4. The van der Waals surface area contributed by atoms with Crippen molar-refractivity contribution in [3.05, 3.63) is 70.5 Å². The molecule has 0 bridgehead atoms. The van der Waals surface area contributed by atoms with Gasteiger partial charge in [-0.2, -0.15) is 15.2 Å². The number of nitriles is 1. The lowest BCUT2D eigenvalue weighted by Gasteiger charge is -2.20. The fourth-order valence-corrected chi connectivity index (χ4v) is 3.77.